The van der Waals surface area contributed by atoms with E-state index in [4.69, 9.17) is 0 Å². The third kappa shape index (κ3) is 0.821. The number of aromatic amines is 2. The number of fused-ring (bicyclic) bond motifs is 3. The highest BCUT2D eigenvalue weighted by atomic mass is 16.1. The zero-order valence-corrected chi connectivity index (χ0v) is 7.24. The van der Waals surface area contributed by atoms with Crippen LogP contribution in [0.2, 0.25) is 0 Å². The van der Waals surface area contributed by atoms with E-state index in [-0.39, 0.29) is 5.56 Å². The zero-order chi connectivity index (χ0) is 9.54. The van der Waals surface area contributed by atoms with Crippen molar-refractivity contribution in [3.8, 4) is 0 Å². The molecule has 0 amide bonds. The van der Waals surface area contributed by atoms with Crippen molar-refractivity contribution < 1.29 is 0 Å². The molecule has 0 unspecified atom stereocenters. The van der Waals surface area contributed by atoms with Crippen LogP contribution in [0.4, 0.5) is 0 Å². The molecule has 0 aliphatic carbocycles. The van der Waals surface area contributed by atoms with Crippen LogP contribution in [0.5, 0.6) is 0 Å². The van der Waals surface area contributed by atoms with E-state index in [9.17, 15) is 4.79 Å². The van der Waals surface area contributed by atoms with Crippen molar-refractivity contribution in [1.29, 1.82) is 0 Å². The lowest BCUT2D eigenvalue weighted by molar-refractivity contribution is 1.11. The number of rotatable bonds is 0. The summed E-state index contributed by atoms with van der Waals surface area (Å²) in [6.45, 7) is 0. The molecule has 2 heterocycles. The summed E-state index contributed by atoms with van der Waals surface area (Å²) in [5.74, 6) is 0. The number of benzene rings is 1. The first kappa shape index (κ1) is 7.32. The Morgan fingerprint density at radius 1 is 1.14 bits per heavy atom. The van der Waals surface area contributed by atoms with Gasteiger partial charge in [-0.25, -0.2) is 0 Å². The third-order valence-corrected chi connectivity index (χ3v) is 2.32. The Balaban J connectivity index is 2.73. The molecule has 3 rings (SSSR count). The van der Waals surface area contributed by atoms with Crippen molar-refractivity contribution >= 4 is 21.8 Å². The number of hydrogen-bond acceptors (Lipinski definition) is 2. The first-order chi connectivity index (χ1) is 6.86. The van der Waals surface area contributed by atoms with Gasteiger partial charge in [0.1, 0.15) is 0 Å². The summed E-state index contributed by atoms with van der Waals surface area (Å²) < 4.78 is 0. The highest BCUT2D eigenvalue weighted by Gasteiger charge is 2.05. The summed E-state index contributed by atoms with van der Waals surface area (Å²) in [5.41, 5.74) is 1.15. The third-order valence-electron chi connectivity index (χ3n) is 2.32. The first-order valence-electron chi connectivity index (χ1n) is 4.31. The Morgan fingerprint density at radius 2 is 2.00 bits per heavy atom. The van der Waals surface area contributed by atoms with Crippen LogP contribution < -0.4 is 5.56 Å². The van der Waals surface area contributed by atoms with Gasteiger partial charge in [-0.15, -0.1) is 0 Å². The molecular formula is C10H7N3O. The SMILES string of the molecule is O=c1[nH]c2ccccc2c2c[nH]nc12. The molecule has 0 radical (unpaired) electrons. The van der Waals surface area contributed by atoms with E-state index < -0.39 is 0 Å². The molecule has 0 aliphatic rings. The number of pyridine rings is 1. The molecule has 3 aromatic rings. The molecule has 0 saturated heterocycles. The van der Waals surface area contributed by atoms with Gasteiger partial charge in [-0.1, -0.05) is 18.2 Å². The first-order valence-corrected chi connectivity index (χ1v) is 4.31. The molecule has 14 heavy (non-hydrogen) atoms. The van der Waals surface area contributed by atoms with Crippen molar-refractivity contribution in [2.24, 2.45) is 0 Å². The second-order valence-corrected chi connectivity index (χ2v) is 3.15. The van der Waals surface area contributed by atoms with Gasteiger partial charge in [-0.3, -0.25) is 9.89 Å². The van der Waals surface area contributed by atoms with E-state index >= 15 is 0 Å². The van der Waals surface area contributed by atoms with Gasteiger partial charge in [0.05, 0.1) is 0 Å². The molecule has 0 spiro atoms. The highest BCUT2D eigenvalue weighted by molar-refractivity contribution is 6.03. The molecule has 0 bridgehead atoms. The van der Waals surface area contributed by atoms with E-state index in [2.05, 4.69) is 15.2 Å². The summed E-state index contributed by atoms with van der Waals surface area (Å²) in [4.78, 5) is 14.3. The van der Waals surface area contributed by atoms with Gasteiger partial charge in [0.2, 0.25) is 0 Å². The fourth-order valence-electron chi connectivity index (χ4n) is 1.68. The van der Waals surface area contributed by atoms with E-state index in [0.29, 0.717) is 5.52 Å². The van der Waals surface area contributed by atoms with Crippen LogP contribution in [0.1, 0.15) is 0 Å². The molecular weight excluding hydrogens is 178 g/mol. The lowest BCUT2D eigenvalue weighted by atomic mass is 10.1. The van der Waals surface area contributed by atoms with Crippen LogP contribution in [0.15, 0.2) is 35.3 Å². The maximum absolute atomic E-state index is 11.5. The Kier molecular flexibility index (Phi) is 1.28. The molecule has 4 heteroatoms. The maximum Gasteiger partial charge on any atom is 0.276 e. The summed E-state index contributed by atoms with van der Waals surface area (Å²) in [5, 5.41) is 8.48. The van der Waals surface area contributed by atoms with Crippen LogP contribution in [0.3, 0.4) is 0 Å². The zero-order valence-electron chi connectivity index (χ0n) is 7.24. The van der Waals surface area contributed by atoms with Crippen molar-refractivity contribution in [3.63, 3.8) is 0 Å². The van der Waals surface area contributed by atoms with Crippen LogP contribution >= 0.6 is 0 Å². The number of para-hydroxylation sites is 1. The van der Waals surface area contributed by atoms with Gasteiger partial charge in [0.25, 0.3) is 5.56 Å². The van der Waals surface area contributed by atoms with Gasteiger partial charge in [-0.2, -0.15) is 5.10 Å². The Hall–Kier alpha value is -2.10. The van der Waals surface area contributed by atoms with Crippen molar-refractivity contribution in [3.05, 3.63) is 40.8 Å². The fraction of sp³-hybridized carbons (Fsp3) is 0. The Morgan fingerprint density at radius 3 is 2.93 bits per heavy atom. The number of aromatic nitrogens is 3. The second kappa shape index (κ2) is 2.45. The molecule has 2 aromatic heterocycles. The van der Waals surface area contributed by atoms with Crippen LogP contribution in [0.25, 0.3) is 21.8 Å². The predicted molar refractivity (Wildman–Crippen MR) is 54.2 cm³/mol. The van der Waals surface area contributed by atoms with Gasteiger partial charge in [0, 0.05) is 22.5 Å². The monoisotopic (exact) mass is 185 g/mol. The van der Waals surface area contributed by atoms with Gasteiger partial charge in [0.15, 0.2) is 5.52 Å². The molecule has 68 valence electrons. The number of hydrogen-bond donors (Lipinski definition) is 2. The largest absolute Gasteiger partial charge is 0.320 e. The van der Waals surface area contributed by atoms with E-state index in [1.54, 1.807) is 6.20 Å². The molecule has 0 aliphatic heterocycles. The van der Waals surface area contributed by atoms with Crippen molar-refractivity contribution in [2.45, 2.75) is 0 Å². The van der Waals surface area contributed by atoms with Crippen molar-refractivity contribution in [1.82, 2.24) is 15.2 Å². The van der Waals surface area contributed by atoms with Crippen LogP contribution in [-0.4, -0.2) is 15.2 Å². The summed E-state index contributed by atoms with van der Waals surface area (Å²) in [7, 11) is 0. The normalized spacial score (nSPS) is 11.1. The summed E-state index contributed by atoms with van der Waals surface area (Å²) in [6, 6.07) is 7.67. The van der Waals surface area contributed by atoms with E-state index in [1.807, 2.05) is 24.3 Å². The molecule has 0 saturated carbocycles. The highest BCUT2D eigenvalue weighted by Crippen LogP contribution is 2.18. The minimum absolute atomic E-state index is 0.153. The van der Waals surface area contributed by atoms with E-state index in [1.165, 1.54) is 0 Å². The lowest BCUT2D eigenvalue weighted by Gasteiger charge is -1.96. The van der Waals surface area contributed by atoms with Crippen LogP contribution in [-0.2, 0) is 0 Å². The number of nitrogens with one attached hydrogen (secondary N) is 2. The minimum atomic E-state index is -0.153. The average Bonchev–Trinajstić information content (AvgIpc) is 2.67. The lowest BCUT2D eigenvalue weighted by Crippen LogP contribution is -2.05. The summed E-state index contributed by atoms with van der Waals surface area (Å²) >= 11 is 0. The topological polar surface area (TPSA) is 61.5 Å². The van der Waals surface area contributed by atoms with Gasteiger partial charge >= 0.3 is 0 Å². The number of H-pyrrole nitrogens is 2. The number of nitrogens with zero attached hydrogens (tertiary/aromatic N) is 1. The standard InChI is InChI=1S/C10H7N3O/c14-10-9-7(5-11-13-9)6-3-1-2-4-8(6)12-10/h1-5H,(H,11,13)(H,12,14). The molecule has 0 fully saturated rings. The minimum Gasteiger partial charge on any atom is -0.320 e. The molecule has 4 nitrogen and oxygen atoms in total. The van der Waals surface area contributed by atoms with E-state index in [0.717, 1.165) is 16.3 Å². The second-order valence-electron chi connectivity index (χ2n) is 3.15. The van der Waals surface area contributed by atoms with Gasteiger partial charge in [-0.05, 0) is 6.07 Å². The van der Waals surface area contributed by atoms with Crippen LogP contribution in [0, 0.1) is 0 Å². The quantitative estimate of drug-likeness (QED) is 0.556. The average molecular weight is 185 g/mol. The van der Waals surface area contributed by atoms with Gasteiger partial charge < -0.3 is 4.98 Å². The molecule has 0 atom stereocenters. The van der Waals surface area contributed by atoms with Crippen molar-refractivity contribution in [2.75, 3.05) is 0 Å². The fourth-order valence-corrected chi connectivity index (χ4v) is 1.68. The Bertz CT molecular complexity index is 665. The maximum atomic E-state index is 11.5. The smallest absolute Gasteiger partial charge is 0.276 e. The predicted octanol–water partition coefficient (Wildman–Crippen LogP) is 1.40. The summed E-state index contributed by atoms with van der Waals surface area (Å²) in [6.07, 6.45) is 1.74. The molecule has 2 N–H and O–H groups in total. The Labute approximate surface area is 78.6 Å². The molecule has 1 aromatic carbocycles.